The zero-order valence-electron chi connectivity index (χ0n) is 10.4. The van der Waals surface area contributed by atoms with E-state index in [2.05, 4.69) is 15.2 Å². The van der Waals surface area contributed by atoms with E-state index in [4.69, 9.17) is 4.74 Å². The number of halogens is 1. The van der Waals surface area contributed by atoms with Gasteiger partial charge in [0, 0.05) is 5.56 Å². The molecular weight excluding hydrogens is 233 g/mol. The summed E-state index contributed by atoms with van der Waals surface area (Å²) in [6.45, 7) is 4.33. The van der Waals surface area contributed by atoms with E-state index in [1.165, 1.54) is 12.1 Å². The molecule has 0 spiro atoms. The molecule has 1 heterocycles. The molecule has 1 aromatic heterocycles. The molecule has 0 aliphatic carbocycles. The van der Waals surface area contributed by atoms with E-state index >= 15 is 0 Å². The van der Waals surface area contributed by atoms with Crippen molar-refractivity contribution in [3.8, 4) is 17.1 Å². The summed E-state index contributed by atoms with van der Waals surface area (Å²) in [6.07, 6.45) is 0.881. The monoisotopic (exact) mass is 247 g/mol. The van der Waals surface area contributed by atoms with Crippen molar-refractivity contribution in [1.29, 1.82) is 0 Å². The van der Waals surface area contributed by atoms with Crippen LogP contribution in [-0.4, -0.2) is 21.8 Å². The first-order valence-corrected chi connectivity index (χ1v) is 5.80. The molecule has 0 radical (unpaired) electrons. The summed E-state index contributed by atoms with van der Waals surface area (Å²) < 4.78 is 18.4. The Morgan fingerprint density at radius 1 is 1.17 bits per heavy atom. The fourth-order valence-electron chi connectivity index (χ4n) is 1.48. The van der Waals surface area contributed by atoms with Crippen LogP contribution in [0.5, 0.6) is 5.88 Å². The maximum absolute atomic E-state index is 12.9. The zero-order chi connectivity index (χ0) is 13.0. The van der Waals surface area contributed by atoms with Crippen LogP contribution in [0.1, 0.15) is 19.2 Å². The molecule has 0 fully saturated rings. The van der Waals surface area contributed by atoms with E-state index in [1.807, 2.05) is 6.92 Å². The molecular formula is C13H14FN3O. The van der Waals surface area contributed by atoms with Crippen LogP contribution >= 0.6 is 0 Å². The standard InChI is InChI=1S/C13H14FN3O/c1-3-8-18-13-12(17-16-9(2)15-13)10-4-6-11(14)7-5-10/h4-7H,3,8H2,1-2H3. The first kappa shape index (κ1) is 12.4. The van der Waals surface area contributed by atoms with Crippen LogP contribution < -0.4 is 4.74 Å². The van der Waals surface area contributed by atoms with Crippen LogP contribution in [0.4, 0.5) is 4.39 Å². The van der Waals surface area contributed by atoms with E-state index < -0.39 is 0 Å². The van der Waals surface area contributed by atoms with Crippen molar-refractivity contribution in [2.75, 3.05) is 6.61 Å². The quantitative estimate of drug-likeness (QED) is 0.833. The molecule has 2 rings (SSSR count). The third-order valence-corrected chi connectivity index (χ3v) is 2.32. The van der Waals surface area contributed by atoms with Gasteiger partial charge in [-0.15, -0.1) is 10.2 Å². The fraction of sp³-hybridized carbons (Fsp3) is 0.308. The molecule has 0 saturated carbocycles. The first-order chi connectivity index (χ1) is 8.70. The summed E-state index contributed by atoms with van der Waals surface area (Å²) in [5.74, 6) is 0.700. The average Bonchev–Trinajstić information content (AvgIpc) is 2.38. The number of hydrogen-bond acceptors (Lipinski definition) is 4. The van der Waals surface area contributed by atoms with Crippen LogP contribution in [0, 0.1) is 12.7 Å². The van der Waals surface area contributed by atoms with Gasteiger partial charge in [-0.3, -0.25) is 0 Å². The van der Waals surface area contributed by atoms with E-state index in [0.717, 1.165) is 12.0 Å². The van der Waals surface area contributed by atoms with Gasteiger partial charge in [-0.1, -0.05) is 6.92 Å². The smallest absolute Gasteiger partial charge is 0.244 e. The molecule has 0 amide bonds. The molecule has 0 N–H and O–H groups in total. The van der Waals surface area contributed by atoms with Crippen molar-refractivity contribution in [3.05, 3.63) is 35.9 Å². The lowest BCUT2D eigenvalue weighted by molar-refractivity contribution is 0.303. The van der Waals surface area contributed by atoms with E-state index in [0.29, 0.717) is 24.0 Å². The maximum Gasteiger partial charge on any atom is 0.244 e. The molecule has 5 heteroatoms. The number of rotatable bonds is 4. The van der Waals surface area contributed by atoms with Crippen molar-refractivity contribution in [3.63, 3.8) is 0 Å². The Morgan fingerprint density at radius 3 is 2.56 bits per heavy atom. The van der Waals surface area contributed by atoms with Gasteiger partial charge in [-0.05, 0) is 37.6 Å². The Labute approximate surface area is 105 Å². The van der Waals surface area contributed by atoms with Gasteiger partial charge in [0.1, 0.15) is 5.82 Å². The second-order valence-electron chi connectivity index (χ2n) is 3.87. The second kappa shape index (κ2) is 5.53. The van der Waals surface area contributed by atoms with Crippen molar-refractivity contribution >= 4 is 0 Å². The largest absolute Gasteiger partial charge is 0.476 e. The highest BCUT2D eigenvalue weighted by Crippen LogP contribution is 2.25. The Balaban J connectivity index is 2.39. The third-order valence-electron chi connectivity index (χ3n) is 2.32. The van der Waals surface area contributed by atoms with Crippen LogP contribution in [0.3, 0.4) is 0 Å². The summed E-state index contributed by atoms with van der Waals surface area (Å²) in [7, 11) is 0. The molecule has 0 aliphatic heterocycles. The third kappa shape index (κ3) is 2.80. The number of aryl methyl sites for hydroxylation is 1. The molecule has 94 valence electrons. The van der Waals surface area contributed by atoms with E-state index in [-0.39, 0.29) is 5.82 Å². The summed E-state index contributed by atoms with van der Waals surface area (Å²) in [5, 5.41) is 7.98. The molecule has 0 saturated heterocycles. The zero-order valence-corrected chi connectivity index (χ0v) is 10.4. The summed E-state index contributed by atoms with van der Waals surface area (Å²) in [4.78, 5) is 4.22. The topological polar surface area (TPSA) is 47.9 Å². The number of hydrogen-bond donors (Lipinski definition) is 0. The maximum atomic E-state index is 12.9. The Bertz CT molecular complexity index is 528. The van der Waals surface area contributed by atoms with Gasteiger partial charge in [0.25, 0.3) is 0 Å². The SMILES string of the molecule is CCCOc1nc(C)nnc1-c1ccc(F)cc1. The van der Waals surface area contributed by atoms with Crippen LogP contribution in [-0.2, 0) is 0 Å². The summed E-state index contributed by atoms with van der Waals surface area (Å²) in [5.41, 5.74) is 1.27. The first-order valence-electron chi connectivity index (χ1n) is 5.80. The lowest BCUT2D eigenvalue weighted by Crippen LogP contribution is -2.04. The Hall–Kier alpha value is -2.04. The number of benzene rings is 1. The number of aromatic nitrogens is 3. The molecule has 18 heavy (non-hydrogen) atoms. The normalized spacial score (nSPS) is 10.4. The van der Waals surface area contributed by atoms with Gasteiger partial charge < -0.3 is 4.74 Å². The van der Waals surface area contributed by atoms with Crippen molar-refractivity contribution in [2.45, 2.75) is 20.3 Å². The minimum Gasteiger partial charge on any atom is -0.476 e. The van der Waals surface area contributed by atoms with E-state index in [1.54, 1.807) is 19.1 Å². The molecule has 1 aromatic carbocycles. The van der Waals surface area contributed by atoms with Gasteiger partial charge in [0.2, 0.25) is 5.88 Å². The van der Waals surface area contributed by atoms with Gasteiger partial charge in [-0.2, -0.15) is 4.98 Å². The fourth-order valence-corrected chi connectivity index (χ4v) is 1.48. The molecule has 0 bridgehead atoms. The number of ether oxygens (including phenoxy) is 1. The van der Waals surface area contributed by atoms with Crippen molar-refractivity contribution in [1.82, 2.24) is 15.2 Å². The van der Waals surface area contributed by atoms with Gasteiger partial charge >= 0.3 is 0 Å². The summed E-state index contributed by atoms with van der Waals surface area (Å²) >= 11 is 0. The minimum absolute atomic E-state index is 0.289. The average molecular weight is 247 g/mol. The highest BCUT2D eigenvalue weighted by molar-refractivity contribution is 5.63. The predicted octanol–water partition coefficient (Wildman–Crippen LogP) is 2.77. The van der Waals surface area contributed by atoms with Crippen LogP contribution in [0.2, 0.25) is 0 Å². The lowest BCUT2D eigenvalue weighted by Gasteiger charge is -2.08. The summed E-state index contributed by atoms with van der Waals surface area (Å²) in [6, 6.07) is 6.02. The molecule has 0 aliphatic rings. The highest BCUT2D eigenvalue weighted by Gasteiger charge is 2.11. The predicted molar refractivity (Wildman–Crippen MR) is 65.7 cm³/mol. The molecule has 4 nitrogen and oxygen atoms in total. The van der Waals surface area contributed by atoms with E-state index in [9.17, 15) is 4.39 Å². The van der Waals surface area contributed by atoms with Crippen molar-refractivity contribution < 1.29 is 9.13 Å². The second-order valence-corrected chi connectivity index (χ2v) is 3.87. The van der Waals surface area contributed by atoms with Gasteiger partial charge in [0.05, 0.1) is 6.61 Å². The molecule has 2 aromatic rings. The van der Waals surface area contributed by atoms with Crippen molar-refractivity contribution in [2.24, 2.45) is 0 Å². The van der Waals surface area contributed by atoms with Crippen LogP contribution in [0.25, 0.3) is 11.3 Å². The van der Waals surface area contributed by atoms with Crippen LogP contribution in [0.15, 0.2) is 24.3 Å². The molecule has 0 unspecified atom stereocenters. The Morgan fingerprint density at radius 2 is 1.89 bits per heavy atom. The molecule has 0 atom stereocenters. The van der Waals surface area contributed by atoms with Gasteiger partial charge in [-0.25, -0.2) is 4.39 Å². The Kier molecular flexibility index (Phi) is 3.82. The minimum atomic E-state index is -0.289. The highest BCUT2D eigenvalue weighted by atomic mass is 19.1. The number of nitrogens with zero attached hydrogens (tertiary/aromatic N) is 3. The van der Waals surface area contributed by atoms with Gasteiger partial charge in [0.15, 0.2) is 11.5 Å². The lowest BCUT2D eigenvalue weighted by atomic mass is 10.1.